The van der Waals surface area contributed by atoms with Crippen molar-refractivity contribution in [2.45, 2.75) is 69.2 Å². The molecule has 80 heavy (non-hydrogen) atoms. The lowest BCUT2D eigenvalue weighted by atomic mass is 10.0. The first-order valence-electron chi connectivity index (χ1n) is 28.9. The molecule has 0 radical (unpaired) electrons. The maximum Gasteiger partial charge on any atom is 0.315 e. The van der Waals surface area contributed by atoms with E-state index >= 15 is 0 Å². The summed E-state index contributed by atoms with van der Waals surface area (Å²) in [5.74, 6) is 0.864. The molecule has 0 aromatic heterocycles. The lowest BCUT2D eigenvalue weighted by Gasteiger charge is -2.23. The van der Waals surface area contributed by atoms with Gasteiger partial charge in [0.1, 0.15) is 0 Å². The van der Waals surface area contributed by atoms with Crippen molar-refractivity contribution in [1.29, 1.82) is 0 Å². The van der Waals surface area contributed by atoms with E-state index in [0.717, 1.165) is 43.6 Å². The van der Waals surface area contributed by atoms with E-state index < -0.39 is 0 Å². The number of urea groups is 1. The molecule has 0 saturated carbocycles. The topological polar surface area (TPSA) is 255 Å². The van der Waals surface area contributed by atoms with E-state index in [1.165, 1.54) is 6.08 Å². The highest BCUT2D eigenvalue weighted by Crippen LogP contribution is 2.33. The zero-order valence-electron chi connectivity index (χ0n) is 48.0. The van der Waals surface area contributed by atoms with Crippen LogP contribution in [0.3, 0.4) is 0 Å². The zero-order chi connectivity index (χ0) is 56.9. The fourth-order valence-corrected chi connectivity index (χ4v) is 9.29. The van der Waals surface area contributed by atoms with E-state index in [1.54, 1.807) is 18.2 Å². The van der Waals surface area contributed by atoms with E-state index in [9.17, 15) is 14.4 Å². The maximum atomic E-state index is 13.4. The molecule has 0 bridgehead atoms. The average Bonchev–Trinajstić information content (AvgIpc) is 4.04. The van der Waals surface area contributed by atoms with Crippen molar-refractivity contribution >= 4 is 41.4 Å². The van der Waals surface area contributed by atoms with Crippen LogP contribution in [0.2, 0.25) is 0 Å². The van der Waals surface area contributed by atoms with E-state index in [2.05, 4.69) is 22.9 Å². The maximum absolute atomic E-state index is 13.4. The Kier molecular flexibility index (Phi) is 46.6. The normalized spacial score (nSPS) is 15.9. The first kappa shape index (κ1) is 71.0. The number of hydrogen-bond acceptors (Lipinski definition) is 20. The number of carbonyl (C=O) groups excluding carboxylic acids is 3. The lowest BCUT2D eigenvalue weighted by molar-refractivity contribution is -0.132. The van der Waals surface area contributed by atoms with Crippen molar-refractivity contribution in [3.8, 4) is 0 Å². The van der Waals surface area contributed by atoms with Gasteiger partial charge in [-0.2, -0.15) is 11.8 Å². The Bertz CT molecular complexity index is 1650. The minimum atomic E-state index is -0.159. The van der Waals surface area contributed by atoms with Crippen LogP contribution in [0.5, 0.6) is 0 Å². The largest absolute Gasteiger partial charge is 0.399 e. The quantitative estimate of drug-likeness (QED) is 0.0316. The number of ether oxygens (including phenoxy) is 15. The Morgan fingerprint density at radius 3 is 1.40 bits per heavy atom. The van der Waals surface area contributed by atoms with Crippen molar-refractivity contribution in [2.75, 3.05) is 229 Å². The standard InChI is InChI=1S/C56H99N5O18S/c1-2-18-65-22-26-69-30-32-72-34-36-74-38-40-76-42-44-78-46-47-79-45-43-77-41-39-75-37-35-73-33-31-71-29-25-68-21-17-61(54(63)8-4-3-7-52-55-51(48-80-52)59-56(64)60-55)16-6-20-67-24-28-70-27-23-66-19-5-15-58-53(62)14-11-49-9-12-50(57)13-10-49/h9-14,51-52,55H,2-8,15-48,57H2,1H3,(H,58,62)(H2,59,60,64). The Hall–Kier alpha value is -3.28. The summed E-state index contributed by atoms with van der Waals surface area (Å²) >= 11 is 1.89. The second kappa shape index (κ2) is 52.5. The number of thioether (sulfide) groups is 1. The van der Waals surface area contributed by atoms with Crippen LogP contribution in [-0.4, -0.2) is 264 Å². The minimum absolute atomic E-state index is 0.0828. The summed E-state index contributed by atoms with van der Waals surface area (Å²) in [6.45, 7) is 18.4. The number of nitrogen functional groups attached to an aromatic ring is 1. The van der Waals surface area contributed by atoms with Crippen LogP contribution in [-0.2, 0) is 80.6 Å². The number of hydrogen-bond donors (Lipinski definition) is 4. The number of unbranched alkanes of at least 4 members (excludes halogenated alkanes) is 1. The van der Waals surface area contributed by atoms with E-state index in [0.29, 0.717) is 241 Å². The van der Waals surface area contributed by atoms with Crippen LogP contribution < -0.4 is 21.7 Å². The Balaban J connectivity index is 1.07. The smallest absolute Gasteiger partial charge is 0.315 e. The molecule has 2 aliphatic heterocycles. The molecular weight excluding hydrogens is 1060 g/mol. The summed E-state index contributed by atoms with van der Waals surface area (Å²) in [7, 11) is 0. The third-order valence-corrected chi connectivity index (χ3v) is 13.5. The fourth-order valence-electron chi connectivity index (χ4n) is 7.75. The zero-order valence-corrected chi connectivity index (χ0v) is 48.8. The molecule has 0 aliphatic carbocycles. The van der Waals surface area contributed by atoms with Crippen molar-refractivity contribution in [3.63, 3.8) is 0 Å². The van der Waals surface area contributed by atoms with E-state index in [-0.39, 0.29) is 29.9 Å². The highest BCUT2D eigenvalue weighted by molar-refractivity contribution is 8.00. The van der Waals surface area contributed by atoms with Gasteiger partial charge in [-0.15, -0.1) is 0 Å². The minimum Gasteiger partial charge on any atom is -0.399 e. The second-order valence-corrected chi connectivity index (χ2v) is 19.7. The van der Waals surface area contributed by atoms with Crippen LogP contribution in [0.25, 0.3) is 6.08 Å². The van der Waals surface area contributed by atoms with Crippen molar-refractivity contribution in [3.05, 3.63) is 35.9 Å². The molecule has 0 spiro atoms. The molecule has 462 valence electrons. The van der Waals surface area contributed by atoms with Gasteiger partial charge in [-0.25, -0.2) is 4.79 Å². The summed E-state index contributed by atoms with van der Waals surface area (Å²) in [5.41, 5.74) is 7.28. The van der Waals surface area contributed by atoms with Gasteiger partial charge in [0.25, 0.3) is 0 Å². The van der Waals surface area contributed by atoms with Gasteiger partial charge in [0.15, 0.2) is 0 Å². The first-order valence-corrected chi connectivity index (χ1v) is 29.9. The number of rotatable bonds is 59. The van der Waals surface area contributed by atoms with Crippen LogP contribution in [0.4, 0.5) is 10.5 Å². The van der Waals surface area contributed by atoms with Gasteiger partial charge in [-0.3, -0.25) is 9.59 Å². The molecule has 2 saturated heterocycles. The average molecular weight is 1160 g/mol. The van der Waals surface area contributed by atoms with E-state index in [4.69, 9.17) is 76.8 Å². The molecule has 2 heterocycles. The summed E-state index contributed by atoms with van der Waals surface area (Å²) in [6, 6.07) is 7.57. The second-order valence-electron chi connectivity index (χ2n) is 18.4. The number of carbonyl (C=O) groups is 3. The van der Waals surface area contributed by atoms with Gasteiger partial charge >= 0.3 is 6.03 Å². The summed E-state index contributed by atoms with van der Waals surface area (Å²) < 4.78 is 83.6. The number of nitrogens with two attached hydrogens (primary N) is 1. The number of benzene rings is 1. The van der Waals surface area contributed by atoms with Gasteiger partial charge in [-0.05, 0) is 55.9 Å². The Morgan fingerprint density at radius 2 is 0.950 bits per heavy atom. The number of nitrogens with one attached hydrogen (secondary N) is 3. The van der Waals surface area contributed by atoms with Crippen LogP contribution in [0.15, 0.2) is 30.3 Å². The van der Waals surface area contributed by atoms with Crippen LogP contribution in [0.1, 0.15) is 57.4 Å². The van der Waals surface area contributed by atoms with Crippen LogP contribution >= 0.6 is 11.8 Å². The lowest BCUT2D eigenvalue weighted by Crippen LogP contribution is -2.37. The molecule has 5 N–H and O–H groups in total. The van der Waals surface area contributed by atoms with Crippen molar-refractivity contribution in [1.82, 2.24) is 20.9 Å². The van der Waals surface area contributed by atoms with Gasteiger partial charge in [0.2, 0.25) is 11.8 Å². The van der Waals surface area contributed by atoms with Gasteiger partial charge in [0, 0.05) is 68.6 Å². The summed E-state index contributed by atoms with van der Waals surface area (Å²) in [5, 5.41) is 9.25. The fraction of sp³-hybridized carbons (Fsp3) is 0.804. The highest BCUT2D eigenvalue weighted by Gasteiger charge is 2.42. The number of amides is 4. The molecule has 3 unspecified atom stereocenters. The van der Waals surface area contributed by atoms with Crippen molar-refractivity contribution < 1.29 is 85.4 Å². The molecular formula is C56H99N5O18S. The highest BCUT2D eigenvalue weighted by atomic mass is 32.2. The van der Waals surface area contributed by atoms with Gasteiger partial charge in [0.05, 0.1) is 190 Å². The summed E-state index contributed by atoms with van der Waals surface area (Å²) in [4.78, 5) is 39.0. The molecule has 3 atom stereocenters. The molecule has 24 heteroatoms. The summed E-state index contributed by atoms with van der Waals surface area (Å²) in [6.07, 6.45) is 8.77. The number of anilines is 1. The van der Waals surface area contributed by atoms with Crippen LogP contribution in [0, 0.1) is 0 Å². The molecule has 2 fully saturated rings. The molecule has 1 aromatic rings. The molecule has 23 nitrogen and oxygen atoms in total. The monoisotopic (exact) mass is 1160 g/mol. The Labute approximate surface area is 480 Å². The third kappa shape index (κ3) is 40.8. The Morgan fingerprint density at radius 1 is 0.537 bits per heavy atom. The van der Waals surface area contributed by atoms with Gasteiger partial charge in [-0.1, -0.05) is 25.5 Å². The third-order valence-electron chi connectivity index (χ3n) is 12.0. The molecule has 2 aliphatic rings. The van der Waals surface area contributed by atoms with Crippen molar-refractivity contribution in [2.24, 2.45) is 0 Å². The predicted octanol–water partition coefficient (Wildman–Crippen LogP) is 3.39. The number of fused-ring (bicyclic) bond motifs is 1. The predicted molar refractivity (Wildman–Crippen MR) is 305 cm³/mol. The molecule has 4 amide bonds. The first-order chi connectivity index (χ1) is 39.5. The molecule has 1 aromatic carbocycles. The SMILES string of the molecule is CCCOCCOCCOCCOCCOCCOCCOCCOCCOCCOCCOCCOCCN(CCCOCCOCCOCCCNC(=O)C=Cc1ccc(N)cc1)C(=O)CCCCC1SCC2NC(=O)NC21. The van der Waals surface area contributed by atoms with Gasteiger partial charge < -0.3 is 97.6 Å². The number of nitrogens with zero attached hydrogens (tertiary/aromatic N) is 1. The van der Waals surface area contributed by atoms with E-state index in [1.807, 2.05) is 28.8 Å². The molecule has 3 rings (SSSR count).